The number of nitrogens with two attached hydrogens (primary N) is 1. The number of aliphatic hydroxyl groups excluding tert-OH is 1. The number of benzene rings is 1. The van der Waals surface area contributed by atoms with Crippen LogP contribution in [0.25, 0.3) is 0 Å². The first kappa shape index (κ1) is 21.4. The molecular weight excluding hydrogens is 400 g/mol. The zero-order valence-corrected chi connectivity index (χ0v) is 17.3. The van der Waals surface area contributed by atoms with Gasteiger partial charge in [-0.25, -0.2) is 0 Å². The van der Waals surface area contributed by atoms with E-state index in [-0.39, 0.29) is 17.6 Å². The molecule has 2 aliphatic rings. The lowest BCUT2D eigenvalue weighted by Gasteiger charge is -2.31. The van der Waals surface area contributed by atoms with Gasteiger partial charge in [-0.3, -0.25) is 9.69 Å². The van der Waals surface area contributed by atoms with Crippen LogP contribution in [0.3, 0.4) is 0 Å². The van der Waals surface area contributed by atoms with Gasteiger partial charge < -0.3 is 31.5 Å². The minimum Gasteiger partial charge on any atom is -0.379 e. The topological polar surface area (TPSA) is 151 Å². The molecular formula is C20H28N8O3. The summed E-state index contributed by atoms with van der Waals surface area (Å²) >= 11 is 0. The average Bonchev–Trinajstić information content (AvgIpc) is 2.80. The molecule has 4 rings (SSSR count). The van der Waals surface area contributed by atoms with Crippen molar-refractivity contribution in [2.75, 3.05) is 50.0 Å². The van der Waals surface area contributed by atoms with Crippen molar-refractivity contribution in [3.8, 4) is 0 Å². The second-order valence-corrected chi connectivity index (χ2v) is 7.65. The molecule has 0 saturated carbocycles. The van der Waals surface area contributed by atoms with Crippen LogP contribution in [0.2, 0.25) is 0 Å². The molecule has 11 nitrogen and oxygen atoms in total. The van der Waals surface area contributed by atoms with E-state index in [2.05, 4.69) is 31.1 Å². The number of carbonyl (C=O) groups is 1. The van der Waals surface area contributed by atoms with Gasteiger partial charge in [0.25, 0.3) is 5.91 Å². The minimum absolute atomic E-state index is 0.0373. The summed E-state index contributed by atoms with van der Waals surface area (Å²) in [7, 11) is 0. The minimum atomic E-state index is -0.715. The number of anilines is 3. The van der Waals surface area contributed by atoms with Crippen LogP contribution in [0.5, 0.6) is 0 Å². The third-order valence-corrected chi connectivity index (χ3v) is 5.41. The molecule has 166 valence electrons. The number of piperidine rings is 1. The molecule has 3 heterocycles. The molecule has 2 saturated heterocycles. The number of ether oxygens (including phenoxy) is 1. The predicted molar refractivity (Wildman–Crippen MR) is 115 cm³/mol. The number of nitrogens with zero attached hydrogens (tertiary/aromatic N) is 4. The van der Waals surface area contributed by atoms with E-state index in [0.717, 1.165) is 31.5 Å². The number of amides is 1. The maximum absolute atomic E-state index is 11.8. The number of carbonyl (C=O) groups excluding carboxylic acids is 1. The summed E-state index contributed by atoms with van der Waals surface area (Å²) in [5.74, 6) is -0.149. The van der Waals surface area contributed by atoms with Gasteiger partial charge in [-0.1, -0.05) is 12.1 Å². The Morgan fingerprint density at radius 2 is 2.03 bits per heavy atom. The van der Waals surface area contributed by atoms with Gasteiger partial charge in [0.2, 0.25) is 5.95 Å². The number of rotatable bonds is 7. The third kappa shape index (κ3) is 5.44. The number of primary amides is 1. The van der Waals surface area contributed by atoms with Crippen molar-refractivity contribution in [3.05, 3.63) is 35.5 Å². The number of nitrogens with one attached hydrogen (secondary N) is 3. The molecule has 11 heteroatoms. The summed E-state index contributed by atoms with van der Waals surface area (Å²) in [5, 5.41) is 28.2. The van der Waals surface area contributed by atoms with E-state index in [0.29, 0.717) is 37.9 Å². The highest BCUT2D eigenvalue weighted by atomic mass is 16.5. The first-order valence-electron chi connectivity index (χ1n) is 10.5. The van der Waals surface area contributed by atoms with Crippen LogP contribution in [-0.2, 0) is 4.74 Å². The Morgan fingerprint density at radius 3 is 2.71 bits per heavy atom. The molecule has 1 unspecified atom stereocenters. The van der Waals surface area contributed by atoms with E-state index in [1.54, 1.807) is 0 Å². The number of aromatic nitrogens is 3. The molecule has 0 bridgehead atoms. The van der Waals surface area contributed by atoms with Crippen LogP contribution < -0.4 is 21.7 Å². The fourth-order valence-electron chi connectivity index (χ4n) is 3.71. The maximum atomic E-state index is 11.8. The quantitative estimate of drug-likeness (QED) is 0.414. The van der Waals surface area contributed by atoms with Crippen LogP contribution in [0.15, 0.2) is 24.3 Å². The summed E-state index contributed by atoms with van der Waals surface area (Å²) < 4.78 is 5.33. The van der Waals surface area contributed by atoms with Gasteiger partial charge in [0, 0.05) is 31.4 Å². The highest BCUT2D eigenvalue weighted by molar-refractivity contribution is 5.96. The van der Waals surface area contributed by atoms with Crippen molar-refractivity contribution in [3.63, 3.8) is 0 Å². The Labute approximate surface area is 180 Å². The molecule has 1 aromatic carbocycles. The van der Waals surface area contributed by atoms with Crippen LogP contribution in [0.4, 0.5) is 17.5 Å². The van der Waals surface area contributed by atoms with Crippen molar-refractivity contribution >= 4 is 23.4 Å². The SMILES string of the molecule is NC(=O)c1nnc(N[C@@H]2CCCNC2)nc1Nc1ccc(C(O)N2CCOCC2)cc1. The van der Waals surface area contributed by atoms with Gasteiger partial charge in [0.05, 0.1) is 13.2 Å². The van der Waals surface area contributed by atoms with Crippen molar-refractivity contribution in [2.45, 2.75) is 25.1 Å². The van der Waals surface area contributed by atoms with Crippen molar-refractivity contribution in [1.29, 1.82) is 0 Å². The van der Waals surface area contributed by atoms with Gasteiger partial charge in [0.15, 0.2) is 11.5 Å². The van der Waals surface area contributed by atoms with Gasteiger partial charge in [-0.05, 0) is 37.1 Å². The normalized spacial score (nSPS) is 20.7. The number of hydrogen-bond acceptors (Lipinski definition) is 10. The second kappa shape index (κ2) is 9.96. The Bertz CT molecular complexity index is 882. The summed E-state index contributed by atoms with van der Waals surface area (Å²) in [6.07, 6.45) is 1.38. The number of hydrogen-bond donors (Lipinski definition) is 5. The van der Waals surface area contributed by atoms with Crippen molar-refractivity contribution in [2.24, 2.45) is 5.73 Å². The lowest BCUT2D eigenvalue weighted by atomic mass is 10.1. The zero-order valence-electron chi connectivity index (χ0n) is 17.3. The Balaban J connectivity index is 1.47. The summed E-state index contributed by atoms with van der Waals surface area (Å²) in [6.45, 7) is 4.41. The van der Waals surface area contributed by atoms with E-state index in [1.165, 1.54) is 0 Å². The zero-order chi connectivity index (χ0) is 21.6. The van der Waals surface area contributed by atoms with Crippen LogP contribution >= 0.6 is 0 Å². The van der Waals surface area contributed by atoms with E-state index < -0.39 is 12.1 Å². The number of aliphatic hydroxyl groups is 1. The van der Waals surface area contributed by atoms with E-state index in [1.807, 2.05) is 29.2 Å². The Kier molecular flexibility index (Phi) is 6.87. The van der Waals surface area contributed by atoms with Gasteiger partial charge in [-0.15, -0.1) is 10.2 Å². The van der Waals surface area contributed by atoms with E-state index in [4.69, 9.17) is 10.5 Å². The smallest absolute Gasteiger partial charge is 0.273 e. The summed E-state index contributed by atoms with van der Waals surface area (Å²) in [5.41, 5.74) is 6.87. The fraction of sp³-hybridized carbons (Fsp3) is 0.500. The third-order valence-electron chi connectivity index (χ3n) is 5.41. The summed E-state index contributed by atoms with van der Waals surface area (Å²) in [6, 6.07) is 7.47. The molecule has 0 aliphatic carbocycles. The summed E-state index contributed by atoms with van der Waals surface area (Å²) in [4.78, 5) is 18.2. The molecule has 1 amide bonds. The highest BCUT2D eigenvalue weighted by Crippen LogP contribution is 2.23. The molecule has 2 aliphatic heterocycles. The number of morpholine rings is 1. The largest absolute Gasteiger partial charge is 0.379 e. The van der Waals surface area contributed by atoms with Gasteiger partial charge in [-0.2, -0.15) is 4.98 Å². The Morgan fingerprint density at radius 1 is 1.26 bits per heavy atom. The molecule has 2 atom stereocenters. The second-order valence-electron chi connectivity index (χ2n) is 7.65. The molecule has 0 spiro atoms. The molecule has 2 fully saturated rings. The van der Waals surface area contributed by atoms with Crippen LogP contribution in [0.1, 0.15) is 35.1 Å². The van der Waals surface area contributed by atoms with Crippen molar-refractivity contribution in [1.82, 2.24) is 25.4 Å². The highest BCUT2D eigenvalue weighted by Gasteiger charge is 2.21. The van der Waals surface area contributed by atoms with E-state index >= 15 is 0 Å². The van der Waals surface area contributed by atoms with Gasteiger partial charge in [0.1, 0.15) is 6.23 Å². The first-order valence-corrected chi connectivity index (χ1v) is 10.5. The average molecular weight is 428 g/mol. The first-order chi connectivity index (χ1) is 15.1. The lowest BCUT2D eigenvalue weighted by Crippen LogP contribution is -2.39. The fourth-order valence-corrected chi connectivity index (χ4v) is 3.71. The van der Waals surface area contributed by atoms with E-state index in [9.17, 15) is 9.90 Å². The molecule has 2 aromatic rings. The van der Waals surface area contributed by atoms with Crippen molar-refractivity contribution < 1.29 is 14.6 Å². The van der Waals surface area contributed by atoms with Crippen LogP contribution in [0, 0.1) is 0 Å². The predicted octanol–water partition coefficient (Wildman–Crippen LogP) is 0.201. The maximum Gasteiger partial charge on any atom is 0.273 e. The van der Waals surface area contributed by atoms with Crippen LogP contribution in [-0.4, -0.2) is 76.5 Å². The molecule has 6 N–H and O–H groups in total. The molecule has 1 aromatic heterocycles. The lowest BCUT2D eigenvalue weighted by molar-refractivity contribution is -0.0603. The molecule has 31 heavy (non-hydrogen) atoms. The standard InChI is InChI=1S/C20H28N8O3/c21-17(29)16-18(25-20(27-26-16)24-15-2-1-7-22-12-15)23-14-5-3-13(4-6-14)19(30)28-8-10-31-11-9-28/h3-6,15,19,22,30H,1-2,7-12H2,(H2,21,29)(H2,23,24,25,27)/t15-,19?/m1/s1. The molecule has 0 radical (unpaired) electrons. The van der Waals surface area contributed by atoms with Gasteiger partial charge >= 0.3 is 0 Å². The monoisotopic (exact) mass is 428 g/mol. The Hall–Kier alpha value is -2.86.